The number of nitrogens with zero attached hydrogens (tertiary/aromatic N) is 1. The Kier molecular flexibility index (Phi) is 7.45. The predicted molar refractivity (Wildman–Crippen MR) is 106 cm³/mol. The minimum atomic E-state index is -0.616. The van der Waals surface area contributed by atoms with Gasteiger partial charge in [0, 0.05) is 17.3 Å². The van der Waals surface area contributed by atoms with E-state index >= 15 is 0 Å². The highest BCUT2D eigenvalue weighted by Crippen LogP contribution is 2.39. The van der Waals surface area contributed by atoms with E-state index < -0.39 is 10.8 Å². The molecule has 0 radical (unpaired) electrons. The normalized spacial score (nSPS) is 10.3. The minimum absolute atomic E-state index is 0.0127. The second-order valence-electron chi connectivity index (χ2n) is 5.48. The first-order valence-electron chi connectivity index (χ1n) is 8.72. The van der Waals surface area contributed by atoms with Gasteiger partial charge in [0.25, 0.3) is 11.6 Å². The highest BCUT2D eigenvalue weighted by Gasteiger charge is 2.19. The zero-order valence-electron chi connectivity index (χ0n) is 15.8. The maximum atomic E-state index is 12.7. The molecule has 0 saturated carbocycles. The summed E-state index contributed by atoms with van der Waals surface area (Å²) in [7, 11) is 0. The van der Waals surface area contributed by atoms with Gasteiger partial charge in [0.05, 0.1) is 24.7 Å². The van der Waals surface area contributed by atoms with Crippen LogP contribution in [-0.4, -0.2) is 30.7 Å². The van der Waals surface area contributed by atoms with Gasteiger partial charge in [-0.2, -0.15) is 0 Å². The van der Waals surface area contributed by atoms with Crippen molar-refractivity contribution in [2.24, 2.45) is 0 Å². The van der Waals surface area contributed by atoms with Crippen LogP contribution in [0.2, 0.25) is 5.02 Å². The molecule has 28 heavy (non-hydrogen) atoms. The van der Waals surface area contributed by atoms with Crippen LogP contribution in [0.3, 0.4) is 0 Å². The summed E-state index contributed by atoms with van der Waals surface area (Å²) in [6.07, 6.45) is 0. The smallest absolute Gasteiger partial charge is 0.289 e. The zero-order valence-corrected chi connectivity index (χ0v) is 16.5. The largest absolute Gasteiger partial charge is 0.490 e. The molecule has 1 amide bonds. The first-order chi connectivity index (χ1) is 13.4. The number of carbonyl (C=O) groups excluding carboxylic acids is 1. The van der Waals surface area contributed by atoms with Crippen molar-refractivity contribution in [3.8, 4) is 17.2 Å². The minimum Gasteiger partial charge on any atom is -0.490 e. The van der Waals surface area contributed by atoms with Crippen LogP contribution in [0, 0.1) is 10.1 Å². The van der Waals surface area contributed by atoms with Crippen molar-refractivity contribution in [3.05, 3.63) is 51.0 Å². The maximum absolute atomic E-state index is 12.7. The lowest BCUT2D eigenvalue weighted by Crippen LogP contribution is -2.13. The fourth-order valence-electron chi connectivity index (χ4n) is 2.45. The van der Waals surface area contributed by atoms with Crippen LogP contribution in [0.5, 0.6) is 17.2 Å². The highest BCUT2D eigenvalue weighted by molar-refractivity contribution is 6.32. The van der Waals surface area contributed by atoms with Gasteiger partial charge in [-0.25, -0.2) is 0 Å². The average molecular weight is 409 g/mol. The molecule has 1 N–H and O–H groups in total. The molecule has 2 aromatic rings. The van der Waals surface area contributed by atoms with Crippen molar-refractivity contribution in [2.75, 3.05) is 25.1 Å². The number of halogens is 1. The van der Waals surface area contributed by atoms with E-state index in [-0.39, 0.29) is 22.0 Å². The Labute approximate surface area is 167 Å². The van der Waals surface area contributed by atoms with Crippen molar-refractivity contribution in [1.29, 1.82) is 0 Å². The lowest BCUT2D eigenvalue weighted by molar-refractivity contribution is -0.384. The van der Waals surface area contributed by atoms with Crippen molar-refractivity contribution in [1.82, 2.24) is 0 Å². The van der Waals surface area contributed by atoms with Gasteiger partial charge in [-0.3, -0.25) is 14.9 Å². The fourth-order valence-corrected chi connectivity index (χ4v) is 2.64. The third-order valence-corrected chi connectivity index (χ3v) is 3.89. The Hall–Kier alpha value is -3.00. The summed E-state index contributed by atoms with van der Waals surface area (Å²) in [5.74, 6) is 0.691. The summed E-state index contributed by atoms with van der Waals surface area (Å²) in [4.78, 5) is 23.1. The Morgan fingerprint density at radius 2 is 1.61 bits per heavy atom. The third-order valence-electron chi connectivity index (χ3n) is 3.57. The molecule has 0 aromatic heterocycles. The SMILES string of the molecule is CCOc1cc(C(=O)Nc2ccc(Cl)c([N+](=O)[O-])c2)cc(OCC)c1OCC. The van der Waals surface area contributed by atoms with Crippen molar-refractivity contribution < 1.29 is 23.9 Å². The fraction of sp³-hybridized carbons (Fsp3) is 0.316. The summed E-state index contributed by atoms with van der Waals surface area (Å²) >= 11 is 5.80. The molecule has 0 saturated heterocycles. The Morgan fingerprint density at radius 3 is 2.11 bits per heavy atom. The van der Waals surface area contributed by atoms with Crippen LogP contribution in [0.25, 0.3) is 0 Å². The van der Waals surface area contributed by atoms with Crippen LogP contribution < -0.4 is 19.5 Å². The van der Waals surface area contributed by atoms with E-state index in [1.807, 2.05) is 20.8 Å². The van der Waals surface area contributed by atoms with Crippen LogP contribution in [-0.2, 0) is 0 Å². The first-order valence-corrected chi connectivity index (χ1v) is 9.10. The quantitative estimate of drug-likeness (QED) is 0.477. The Morgan fingerprint density at radius 1 is 1.04 bits per heavy atom. The number of hydrogen-bond donors (Lipinski definition) is 1. The van der Waals surface area contributed by atoms with Gasteiger partial charge in [0.15, 0.2) is 11.5 Å². The average Bonchev–Trinajstić information content (AvgIpc) is 2.65. The first kappa shape index (κ1) is 21.3. The molecule has 0 heterocycles. The molecule has 0 aliphatic carbocycles. The molecule has 0 bridgehead atoms. The van der Waals surface area contributed by atoms with Gasteiger partial charge in [0.2, 0.25) is 5.75 Å². The van der Waals surface area contributed by atoms with E-state index in [4.69, 9.17) is 25.8 Å². The molecular weight excluding hydrogens is 388 g/mol. The summed E-state index contributed by atoms with van der Waals surface area (Å²) in [5, 5.41) is 13.6. The van der Waals surface area contributed by atoms with E-state index in [0.29, 0.717) is 37.1 Å². The summed E-state index contributed by atoms with van der Waals surface area (Å²) in [6, 6.07) is 7.11. The van der Waals surface area contributed by atoms with Gasteiger partial charge in [0.1, 0.15) is 5.02 Å². The number of rotatable bonds is 9. The molecule has 0 aliphatic rings. The van der Waals surface area contributed by atoms with Gasteiger partial charge in [-0.15, -0.1) is 0 Å². The zero-order chi connectivity index (χ0) is 20.7. The monoisotopic (exact) mass is 408 g/mol. The van der Waals surface area contributed by atoms with Crippen molar-refractivity contribution in [3.63, 3.8) is 0 Å². The topological polar surface area (TPSA) is 99.9 Å². The molecule has 2 aromatic carbocycles. The molecule has 0 spiro atoms. The van der Waals surface area contributed by atoms with Crippen LogP contribution in [0.1, 0.15) is 31.1 Å². The number of hydrogen-bond acceptors (Lipinski definition) is 6. The van der Waals surface area contributed by atoms with Crippen LogP contribution in [0.4, 0.5) is 11.4 Å². The van der Waals surface area contributed by atoms with E-state index in [1.165, 1.54) is 30.3 Å². The van der Waals surface area contributed by atoms with E-state index in [2.05, 4.69) is 5.32 Å². The van der Waals surface area contributed by atoms with Crippen molar-refractivity contribution >= 4 is 28.9 Å². The highest BCUT2D eigenvalue weighted by atomic mass is 35.5. The van der Waals surface area contributed by atoms with E-state index in [9.17, 15) is 14.9 Å². The number of amides is 1. The second-order valence-corrected chi connectivity index (χ2v) is 5.89. The molecule has 0 fully saturated rings. The van der Waals surface area contributed by atoms with Gasteiger partial charge in [-0.05, 0) is 45.0 Å². The molecule has 0 atom stereocenters. The number of nitro benzene ring substituents is 1. The van der Waals surface area contributed by atoms with Gasteiger partial charge >= 0.3 is 0 Å². The molecular formula is C19H21ClN2O6. The number of anilines is 1. The summed E-state index contributed by atoms with van der Waals surface area (Å²) < 4.78 is 16.8. The number of ether oxygens (including phenoxy) is 3. The molecule has 2 rings (SSSR count). The Bertz CT molecular complexity index is 844. The molecule has 0 aliphatic heterocycles. The van der Waals surface area contributed by atoms with E-state index in [1.54, 1.807) is 0 Å². The Balaban J connectivity index is 2.39. The number of nitro groups is 1. The van der Waals surface area contributed by atoms with Crippen LogP contribution >= 0.6 is 11.6 Å². The molecule has 150 valence electrons. The maximum Gasteiger partial charge on any atom is 0.289 e. The van der Waals surface area contributed by atoms with Gasteiger partial charge < -0.3 is 19.5 Å². The molecule has 8 nitrogen and oxygen atoms in total. The number of benzene rings is 2. The van der Waals surface area contributed by atoms with E-state index in [0.717, 1.165) is 0 Å². The second kappa shape index (κ2) is 9.80. The standard InChI is InChI=1S/C19H21ClN2O6/c1-4-26-16-9-12(10-17(27-5-2)18(16)28-6-3)19(23)21-13-7-8-14(20)15(11-13)22(24)25/h7-11H,4-6H2,1-3H3,(H,21,23). The van der Waals surface area contributed by atoms with Gasteiger partial charge in [-0.1, -0.05) is 11.6 Å². The lowest BCUT2D eigenvalue weighted by Gasteiger charge is -2.17. The van der Waals surface area contributed by atoms with Crippen LogP contribution in [0.15, 0.2) is 30.3 Å². The van der Waals surface area contributed by atoms with Crippen molar-refractivity contribution in [2.45, 2.75) is 20.8 Å². The summed E-state index contributed by atoms with van der Waals surface area (Å²) in [6.45, 7) is 6.62. The molecule has 9 heteroatoms. The lowest BCUT2D eigenvalue weighted by atomic mass is 10.1. The summed E-state index contributed by atoms with van der Waals surface area (Å²) in [5.41, 5.74) is 0.204. The number of carbonyl (C=O) groups is 1. The predicted octanol–water partition coefficient (Wildman–Crippen LogP) is 4.70. The third kappa shape index (κ3) is 5.04. The number of nitrogens with one attached hydrogen (secondary N) is 1. The molecule has 0 unspecified atom stereocenters.